The van der Waals surface area contributed by atoms with Crippen LogP contribution in [0, 0.1) is 24.0 Å². The summed E-state index contributed by atoms with van der Waals surface area (Å²) in [6.45, 7) is 12.2. The molecule has 2 saturated heterocycles. The largest absolute Gasteiger partial charge is 0.391 e. The van der Waals surface area contributed by atoms with Gasteiger partial charge in [0.05, 0.1) is 64.5 Å². The van der Waals surface area contributed by atoms with Gasteiger partial charge in [-0.05, 0) is 67.0 Å². The van der Waals surface area contributed by atoms with Crippen molar-refractivity contribution in [3.8, 4) is 27.3 Å². The number of nitrogens with one attached hydrogen (secondary N) is 3. The highest BCUT2D eigenvalue weighted by atomic mass is 32.2. The highest BCUT2D eigenvalue weighted by Gasteiger charge is 2.44. The number of aliphatic hydroxyl groups excluding tert-OH is 1. The number of carbonyl (C=O) groups excluding carboxylic acids is 3. The molecule has 0 spiro atoms. The van der Waals surface area contributed by atoms with Crippen LogP contribution < -0.4 is 20.3 Å². The van der Waals surface area contributed by atoms with Crippen LogP contribution in [0.3, 0.4) is 0 Å². The zero-order chi connectivity index (χ0) is 55.0. The number of anilines is 2. The summed E-state index contributed by atoms with van der Waals surface area (Å²) in [7, 11) is -1.90. The van der Waals surface area contributed by atoms with Crippen molar-refractivity contribution in [1.82, 2.24) is 44.9 Å². The molecule has 8 rings (SSSR count). The van der Waals surface area contributed by atoms with Gasteiger partial charge in [-0.2, -0.15) is 0 Å². The Balaban J connectivity index is 0.783. The molecule has 4 N–H and O–H groups in total. The van der Waals surface area contributed by atoms with Crippen molar-refractivity contribution >= 4 is 61.6 Å². The second-order valence-electron chi connectivity index (χ2n) is 20.5. The van der Waals surface area contributed by atoms with Crippen molar-refractivity contribution in [2.24, 2.45) is 5.41 Å². The van der Waals surface area contributed by atoms with Gasteiger partial charge in [-0.1, -0.05) is 52.0 Å². The lowest BCUT2D eigenvalue weighted by Gasteiger charge is -2.37. The lowest BCUT2D eigenvalue weighted by Crippen LogP contribution is -2.58. The third-order valence-corrected chi connectivity index (χ3v) is 16.3. The molecular formula is C54H67F2N11O8S2. The van der Waals surface area contributed by atoms with Crippen LogP contribution >= 0.6 is 11.3 Å². The normalized spacial score (nSPS) is 16.9. The summed E-state index contributed by atoms with van der Waals surface area (Å²) in [6, 6.07) is 11.7. The van der Waals surface area contributed by atoms with E-state index < -0.39 is 62.8 Å². The summed E-state index contributed by atoms with van der Waals surface area (Å²) < 4.78 is 71.9. The number of halogens is 2. The fraction of sp³-hybridized carbons (Fsp3) is 0.463. The van der Waals surface area contributed by atoms with Gasteiger partial charge in [-0.25, -0.2) is 37.1 Å². The van der Waals surface area contributed by atoms with Gasteiger partial charge in [0.2, 0.25) is 27.7 Å². The average molecular weight is 1100 g/mol. The Morgan fingerprint density at radius 1 is 0.974 bits per heavy atom. The minimum atomic E-state index is -3.87. The second kappa shape index (κ2) is 24.9. The molecule has 2 aliphatic rings. The Morgan fingerprint density at radius 2 is 1.70 bits per heavy atom. The van der Waals surface area contributed by atoms with Crippen LogP contribution in [0.5, 0.6) is 0 Å². The van der Waals surface area contributed by atoms with Crippen LogP contribution in [0.4, 0.5) is 20.3 Å². The van der Waals surface area contributed by atoms with Gasteiger partial charge in [0, 0.05) is 82.0 Å². The average Bonchev–Trinajstić information content (AvgIpc) is 4.17. The Labute approximate surface area is 451 Å². The maximum Gasteiger partial charge on any atom is 0.246 e. The van der Waals surface area contributed by atoms with Crippen molar-refractivity contribution in [2.45, 2.75) is 91.1 Å². The molecule has 2 aliphatic heterocycles. The van der Waals surface area contributed by atoms with Crippen LogP contribution in [0.1, 0.15) is 64.6 Å². The predicted molar refractivity (Wildman–Crippen MR) is 291 cm³/mol. The number of fused-ring (bicyclic) bond motifs is 1. The monoisotopic (exact) mass is 1100 g/mol. The molecule has 3 atom stereocenters. The molecule has 2 aromatic carbocycles. The van der Waals surface area contributed by atoms with E-state index in [1.807, 2.05) is 59.0 Å². The number of pyridine rings is 1. The van der Waals surface area contributed by atoms with E-state index >= 15 is 8.78 Å². The lowest BCUT2D eigenvalue weighted by atomic mass is 9.85. The number of benzene rings is 2. The molecule has 19 nitrogen and oxygen atoms in total. The highest BCUT2D eigenvalue weighted by molar-refractivity contribution is 7.92. The number of thiazole rings is 1. The van der Waals surface area contributed by atoms with E-state index in [9.17, 15) is 27.9 Å². The Morgan fingerprint density at radius 3 is 2.39 bits per heavy atom. The Kier molecular flexibility index (Phi) is 18.3. The van der Waals surface area contributed by atoms with Crippen molar-refractivity contribution in [3.05, 3.63) is 102 Å². The summed E-state index contributed by atoms with van der Waals surface area (Å²) in [4.78, 5) is 65.2. The number of aliphatic hydroxyl groups is 1. The minimum Gasteiger partial charge on any atom is -0.391 e. The number of sulfonamides is 1. The summed E-state index contributed by atoms with van der Waals surface area (Å²) in [5.41, 5.74) is 5.09. The molecule has 0 saturated carbocycles. The van der Waals surface area contributed by atoms with Gasteiger partial charge < -0.3 is 44.5 Å². The number of carbonyl (C=O) groups is 3. The van der Waals surface area contributed by atoms with Gasteiger partial charge in [0.25, 0.3) is 0 Å². The van der Waals surface area contributed by atoms with Crippen molar-refractivity contribution in [2.75, 3.05) is 75.0 Å². The van der Waals surface area contributed by atoms with E-state index in [0.717, 1.165) is 59.8 Å². The SMILES string of the molecule is CCCS(=O)(=O)Nc1ccc(F)c(-n2cc(-c3cncnc3)c3nc(N(C)C4CCN(CCOCCOCC(=O)NC(C(=O)N5C[C@H](O)C[C@H]5C(=O)NCc5ccc(-c6scnc6C)cc5)C(C)(C)C)CC4)ccc32)c1F. The van der Waals surface area contributed by atoms with Crippen LogP contribution in [-0.4, -0.2) is 155 Å². The predicted octanol–water partition coefficient (Wildman–Crippen LogP) is 6.09. The number of ether oxygens (including phenoxy) is 2. The maximum absolute atomic E-state index is 16.1. The molecule has 0 aliphatic carbocycles. The molecule has 3 amide bonds. The van der Waals surface area contributed by atoms with Crippen LogP contribution in [0.2, 0.25) is 0 Å². The molecule has 4 aromatic heterocycles. The minimum absolute atomic E-state index is 0.0341. The number of β-amino-alcohol motifs (C(OH)–C–C–N with tert-alkyl or cyclic N) is 1. The lowest BCUT2D eigenvalue weighted by molar-refractivity contribution is -0.144. The van der Waals surface area contributed by atoms with E-state index in [2.05, 4.69) is 40.1 Å². The molecule has 412 valence electrons. The first-order valence-electron chi connectivity index (χ1n) is 25.7. The summed E-state index contributed by atoms with van der Waals surface area (Å²) >= 11 is 1.56. The first-order chi connectivity index (χ1) is 36.8. The second-order valence-corrected chi connectivity index (χ2v) is 23.2. The van der Waals surface area contributed by atoms with Gasteiger partial charge in [-0.15, -0.1) is 11.3 Å². The van der Waals surface area contributed by atoms with E-state index in [1.54, 1.807) is 54.5 Å². The standard InChI is InChI=1S/C54H67F2N11O8S2/c1-7-24-77(72,73)63-42-13-12-41(55)49(47(42)56)66-30-40(37-27-57-32-58-28-37)48-43(66)14-15-45(61-48)64(6)38-16-18-65(19-17-38)20-21-74-22-23-75-31-46(69)62-51(54(3,4)5)53(71)67-29-39(68)25-44(67)52(70)59-26-35-8-10-36(11-9-35)50-34(2)60-33-76-50/h8-15,27-28,30,32-33,38-39,44,51,63,68H,7,16-26,29,31H2,1-6H3,(H,59,70)(H,62,69)/t39-,44+,51?/m1/s1. The number of nitrogens with zero attached hydrogens (tertiary/aromatic N) is 8. The maximum atomic E-state index is 16.1. The van der Waals surface area contributed by atoms with Gasteiger partial charge in [-0.3, -0.25) is 19.1 Å². The molecule has 23 heteroatoms. The molecule has 2 fully saturated rings. The molecule has 0 radical (unpaired) electrons. The fourth-order valence-corrected chi connectivity index (χ4v) is 11.7. The third kappa shape index (κ3) is 13.8. The zero-order valence-corrected chi connectivity index (χ0v) is 45.8. The highest BCUT2D eigenvalue weighted by Crippen LogP contribution is 2.36. The number of piperidine rings is 1. The number of amides is 3. The number of hydrogen-bond acceptors (Lipinski definition) is 15. The molecule has 0 bridgehead atoms. The number of hydrogen-bond donors (Lipinski definition) is 4. The first kappa shape index (κ1) is 56.7. The molecule has 6 aromatic rings. The van der Waals surface area contributed by atoms with Crippen molar-refractivity contribution < 1.29 is 46.2 Å². The molecule has 1 unspecified atom stereocenters. The molecule has 77 heavy (non-hydrogen) atoms. The number of aromatic nitrogens is 5. The van der Waals surface area contributed by atoms with Gasteiger partial charge in [0.15, 0.2) is 5.82 Å². The zero-order valence-electron chi connectivity index (χ0n) is 44.2. The molecule has 6 heterocycles. The number of rotatable bonds is 22. The van der Waals surface area contributed by atoms with E-state index in [1.165, 1.54) is 15.8 Å². The quantitative estimate of drug-likeness (QED) is 0.0565. The summed E-state index contributed by atoms with van der Waals surface area (Å²) in [5.74, 6) is -2.86. The summed E-state index contributed by atoms with van der Waals surface area (Å²) in [5, 5.41) is 16.3. The van der Waals surface area contributed by atoms with E-state index in [0.29, 0.717) is 47.6 Å². The van der Waals surface area contributed by atoms with Crippen molar-refractivity contribution in [3.63, 3.8) is 0 Å². The van der Waals surface area contributed by atoms with Crippen LogP contribution in [0.15, 0.2) is 79.0 Å². The smallest absolute Gasteiger partial charge is 0.246 e. The van der Waals surface area contributed by atoms with E-state index in [4.69, 9.17) is 14.5 Å². The first-order valence-corrected chi connectivity index (χ1v) is 28.3. The fourth-order valence-electron chi connectivity index (χ4n) is 9.73. The summed E-state index contributed by atoms with van der Waals surface area (Å²) in [6.07, 6.45) is 7.28. The number of likely N-dealkylation sites (tertiary alicyclic amines) is 2. The Hall–Kier alpha value is -6.50. The van der Waals surface area contributed by atoms with Crippen molar-refractivity contribution in [1.29, 1.82) is 0 Å². The van der Waals surface area contributed by atoms with Gasteiger partial charge in [0.1, 0.15) is 42.3 Å². The number of aryl methyl sites for hydroxylation is 1. The van der Waals surface area contributed by atoms with E-state index in [-0.39, 0.29) is 62.7 Å². The van der Waals surface area contributed by atoms with Gasteiger partial charge >= 0.3 is 0 Å². The molecular weight excluding hydrogens is 1030 g/mol. The van der Waals surface area contributed by atoms with Crippen LogP contribution in [-0.2, 0) is 40.4 Å². The van der Waals surface area contributed by atoms with Crippen LogP contribution in [0.25, 0.3) is 38.3 Å². The third-order valence-electron chi connectivity index (χ3n) is 13.9. The topological polar surface area (TPSA) is 226 Å². The Bertz CT molecular complexity index is 3130.